The third-order valence-electron chi connectivity index (χ3n) is 11.3. The summed E-state index contributed by atoms with van der Waals surface area (Å²) < 4.78 is 44.5. The van der Waals surface area contributed by atoms with Gasteiger partial charge in [-0.2, -0.15) is 5.10 Å². The number of hydrogen-bond acceptors (Lipinski definition) is 7. The van der Waals surface area contributed by atoms with Gasteiger partial charge < -0.3 is 24.8 Å². The summed E-state index contributed by atoms with van der Waals surface area (Å²) in [5, 5.41) is 13.6. The van der Waals surface area contributed by atoms with Crippen LogP contribution in [0.5, 0.6) is 0 Å². The van der Waals surface area contributed by atoms with Gasteiger partial charge in [-0.15, -0.1) is 0 Å². The molecule has 1 saturated carbocycles. The standard InChI is InChI=1S/C36H45FN6O2S.C2H5NO2/c1-27-38-16-19-42(27)26-36(29-6-3-4-7-29,31-8-5-9-32(37)20-31)30-14-17-41(18-15-30)22-28-23-43(24-28)33-10-12-34(13-11-33)46(44,45)35-21-39-40(2)25-35;1-3-2(4)5/h5,8-13,16,19-21,25,28-30H,3-4,6-7,14-15,17-18,22-24,26H2,1-2H3;3H,1H3,(H,4,5). The molecule has 0 bridgehead atoms. The van der Waals surface area contributed by atoms with Crippen LogP contribution in [-0.4, -0.2) is 83.6 Å². The minimum atomic E-state index is -3.57. The van der Waals surface area contributed by atoms with Gasteiger partial charge in [-0.1, -0.05) is 25.0 Å². The Morgan fingerprint density at radius 2 is 1.69 bits per heavy atom. The summed E-state index contributed by atoms with van der Waals surface area (Å²) in [5.74, 6) is 2.49. The molecule has 274 valence electrons. The number of sulfone groups is 1. The Kier molecular flexibility index (Phi) is 11.2. The van der Waals surface area contributed by atoms with Crippen LogP contribution in [0.1, 0.15) is 49.9 Å². The van der Waals surface area contributed by atoms with E-state index in [4.69, 9.17) is 5.11 Å². The number of rotatable bonds is 10. The molecule has 1 unspecified atom stereocenters. The minimum absolute atomic E-state index is 0.111. The van der Waals surface area contributed by atoms with Crippen molar-refractivity contribution in [2.75, 3.05) is 44.7 Å². The maximum atomic E-state index is 14.8. The van der Waals surface area contributed by atoms with Gasteiger partial charge in [0.15, 0.2) is 0 Å². The molecule has 0 spiro atoms. The van der Waals surface area contributed by atoms with Crippen molar-refractivity contribution in [3.63, 3.8) is 0 Å². The fourth-order valence-corrected chi connectivity index (χ4v) is 9.87. The summed E-state index contributed by atoms with van der Waals surface area (Å²) >= 11 is 0. The highest BCUT2D eigenvalue weighted by molar-refractivity contribution is 7.91. The van der Waals surface area contributed by atoms with E-state index in [0.717, 1.165) is 63.6 Å². The number of carboxylic acid groups (broad SMARTS) is 1. The third kappa shape index (κ3) is 7.99. The number of benzene rings is 2. The van der Waals surface area contributed by atoms with E-state index in [1.165, 1.54) is 55.4 Å². The molecule has 2 aliphatic heterocycles. The lowest BCUT2D eigenvalue weighted by Crippen LogP contribution is -2.54. The molecule has 1 atom stereocenters. The molecule has 4 heterocycles. The van der Waals surface area contributed by atoms with Crippen LogP contribution in [-0.2, 0) is 28.8 Å². The molecule has 1 aliphatic carbocycles. The molecule has 2 saturated heterocycles. The predicted molar refractivity (Wildman–Crippen MR) is 194 cm³/mol. The number of amides is 1. The molecule has 3 fully saturated rings. The minimum Gasteiger partial charge on any atom is -0.465 e. The summed E-state index contributed by atoms with van der Waals surface area (Å²) in [4.78, 5) is 19.3. The fourth-order valence-electron chi connectivity index (χ4n) is 8.63. The van der Waals surface area contributed by atoms with E-state index >= 15 is 0 Å². The lowest BCUT2D eigenvalue weighted by molar-refractivity contribution is 0.0640. The van der Waals surface area contributed by atoms with Crippen molar-refractivity contribution in [2.24, 2.45) is 24.8 Å². The van der Waals surface area contributed by atoms with Gasteiger partial charge in [-0.3, -0.25) is 4.68 Å². The zero-order valence-corrected chi connectivity index (χ0v) is 30.6. The molecule has 0 radical (unpaired) electrons. The van der Waals surface area contributed by atoms with Gasteiger partial charge in [0.25, 0.3) is 0 Å². The molecule has 2 aromatic heterocycles. The van der Waals surface area contributed by atoms with Crippen molar-refractivity contribution in [1.29, 1.82) is 0 Å². The first-order valence-electron chi connectivity index (χ1n) is 17.9. The number of halogens is 1. The number of aromatic nitrogens is 4. The number of nitrogens with zero attached hydrogens (tertiary/aromatic N) is 6. The van der Waals surface area contributed by atoms with E-state index in [-0.39, 0.29) is 16.1 Å². The number of nitrogens with one attached hydrogen (secondary N) is 1. The van der Waals surface area contributed by atoms with E-state index in [1.54, 1.807) is 25.2 Å². The van der Waals surface area contributed by atoms with Crippen LogP contribution in [0, 0.1) is 30.5 Å². The Balaban J connectivity index is 0.000000839. The van der Waals surface area contributed by atoms with Crippen molar-refractivity contribution >= 4 is 21.6 Å². The van der Waals surface area contributed by atoms with E-state index in [2.05, 4.69) is 43.6 Å². The van der Waals surface area contributed by atoms with Crippen LogP contribution >= 0.6 is 0 Å². The van der Waals surface area contributed by atoms with Crippen LogP contribution in [0.3, 0.4) is 0 Å². The molecule has 11 nitrogen and oxygen atoms in total. The highest BCUT2D eigenvalue weighted by atomic mass is 32.2. The molecule has 13 heteroatoms. The van der Waals surface area contributed by atoms with E-state index in [9.17, 15) is 17.6 Å². The normalized spacial score (nSPS) is 18.9. The van der Waals surface area contributed by atoms with Crippen molar-refractivity contribution in [2.45, 2.75) is 67.2 Å². The van der Waals surface area contributed by atoms with Crippen LogP contribution in [0.2, 0.25) is 0 Å². The van der Waals surface area contributed by atoms with Gasteiger partial charge >= 0.3 is 6.09 Å². The second-order valence-corrected chi connectivity index (χ2v) is 16.3. The molecule has 51 heavy (non-hydrogen) atoms. The monoisotopic (exact) mass is 719 g/mol. The van der Waals surface area contributed by atoms with E-state index in [1.807, 2.05) is 35.8 Å². The second kappa shape index (κ2) is 15.6. The van der Waals surface area contributed by atoms with Gasteiger partial charge in [0.05, 0.1) is 11.1 Å². The van der Waals surface area contributed by atoms with Gasteiger partial charge in [-0.05, 0) is 99.5 Å². The molecule has 2 N–H and O–H groups in total. The van der Waals surface area contributed by atoms with E-state index in [0.29, 0.717) is 22.6 Å². The summed E-state index contributed by atoms with van der Waals surface area (Å²) in [7, 11) is -0.506. The highest BCUT2D eigenvalue weighted by Crippen LogP contribution is 2.51. The van der Waals surface area contributed by atoms with Gasteiger partial charge in [-0.25, -0.2) is 22.6 Å². The van der Waals surface area contributed by atoms with Gasteiger partial charge in [0, 0.05) is 75.9 Å². The Morgan fingerprint density at radius 1 is 1.02 bits per heavy atom. The van der Waals surface area contributed by atoms with Crippen molar-refractivity contribution in [3.05, 3.63) is 90.5 Å². The van der Waals surface area contributed by atoms with Crippen LogP contribution < -0.4 is 10.2 Å². The topological polar surface area (TPSA) is 126 Å². The summed E-state index contributed by atoms with van der Waals surface area (Å²) in [6.07, 6.45) is 13.1. The quantitative estimate of drug-likeness (QED) is 0.212. The Bertz CT molecular complexity index is 1880. The first kappa shape index (κ1) is 36.6. The number of piperidine rings is 1. The molecule has 4 aromatic rings. The third-order valence-corrected chi connectivity index (χ3v) is 13.0. The number of hydrogen-bond donors (Lipinski definition) is 2. The molecule has 2 aromatic carbocycles. The molecule has 7 rings (SSSR count). The summed E-state index contributed by atoms with van der Waals surface area (Å²) in [6, 6.07) is 14.7. The predicted octanol–water partition coefficient (Wildman–Crippen LogP) is 5.76. The smallest absolute Gasteiger partial charge is 0.404 e. The molecular formula is C38H50FN7O4S. The first-order chi connectivity index (χ1) is 24.5. The maximum Gasteiger partial charge on any atom is 0.404 e. The number of imidazole rings is 1. The summed E-state index contributed by atoms with van der Waals surface area (Å²) in [6.45, 7) is 8.09. The highest BCUT2D eigenvalue weighted by Gasteiger charge is 2.49. The molecular weight excluding hydrogens is 670 g/mol. The van der Waals surface area contributed by atoms with Crippen LogP contribution in [0.25, 0.3) is 0 Å². The number of aryl methyl sites for hydroxylation is 2. The van der Waals surface area contributed by atoms with Gasteiger partial charge in [0.1, 0.15) is 16.5 Å². The Morgan fingerprint density at radius 3 is 2.25 bits per heavy atom. The zero-order chi connectivity index (χ0) is 36.2. The first-order valence-corrected chi connectivity index (χ1v) is 19.4. The van der Waals surface area contributed by atoms with Crippen molar-refractivity contribution < 1.29 is 22.7 Å². The van der Waals surface area contributed by atoms with Crippen molar-refractivity contribution in [3.8, 4) is 0 Å². The number of carbonyl (C=O) groups is 1. The van der Waals surface area contributed by atoms with Gasteiger partial charge in [0.2, 0.25) is 9.84 Å². The molecule has 3 aliphatic rings. The Hall–Kier alpha value is -4.23. The summed E-state index contributed by atoms with van der Waals surface area (Å²) in [5.41, 5.74) is 2.12. The number of anilines is 1. The second-order valence-electron chi connectivity index (χ2n) is 14.4. The van der Waals surface area contributed by atoms with E-state index < -0.39 is 15.9 Å². The SMILES string of the molecule is CNC(=O)O.Cc1nccn1CC(c1cccc(F)c1)(C1CCCC1)C1CCN(CC2CN(c3ccc(S(=O)(=O)c4cnn(C)c4)cc3)C2)CC1. The molecule has 1 amide bonds. The zero-order valence-electron chi connectivity index (χ0n) is 29.8. The largest absolute Gasteiger partial charge is 0.465 e. The lowest BCUT2D eigenvalue weighted by Gasteiger charge is -2.50. The van der Waals surface area contributed by atoms with Crippen LogP contribution in [0.4, 0.5) is 14.9 Å². The van der Waals surface area contributed by atoms with Crippen molar-refractivity contribution in [1.82, 2.24) is 29.5 Å². The maximum absolute atomic E-state index is 14.8. The average Bonchev–Trinajstić information content (AvgIpc) is 3.89. The fraction of sp³-hybridized carbons (Fsp3) is 0.500. The Labute approximate surface area is 300 Å². The lowest BCUT2D eigenvalue weighted by atomic mass is 9.59. The average molecular weight is 720 g/mol. The number of likely N-dealkylation sites (tertiary alicyclic amines) is 1. The van der Waals surface area contributed by atoms with Crippen LogP contribution in [0.15, 0.2) is 83.1 Å².